The van der Waals surface area contributed by atoms with E-state index in [9.17, 15) is 4.55 Å². The van der Waals surface area contributed by atoms with Gasteiger partial charge in [0.05, 0.1) is 35.9 Å². The Morgan fingerprint density at radius 2 is 1.66 bits per heavy atom. The predicted octanol–water partition coefficient (Wildman–Crippen LogP) is 4.67. The molecule has 3 aromatic carbocycles. The third kappa shape index (κ3) is 4.17. The molecule has 0 N–H and O–H groups in total. The first-order chi connectivity index (χ1) is 15.7. The van der Waals surface area contributed by atoms with E-state index in [2.05, 4.69) is 4.98 Å². The van der Waals surface area contributed by atoms with Crippen LogP contribution in [0.1, 0.15) is 5.56 Å². The zero-order valence-electron chi connectivity index (χ0n) is 17.6. The summed E-state index contributed by atoms with van der Waals surface area (Å²) in [6.07, 6.45) is 1.96. The largest absolute Gasteiger partial charge is 0.604 e. The average molecular weight is 447 g/mol. The normalized spacial score (nSPS) is 16.3. The summed E-state index contributed by atoms with van der Waals surface area (Å²) in [5.41, 5.74) is 2.82. The van der Waals surface area contributed by atoms with E-state index >= 15 is 0 Å². The molecule has 7 heteroatoms. The maximum absolute atomic E-state index is 12.9. The fourth-order valence-corrected chi connectivity index (χ4v) is 4.94. The Bertz CT molecular complexity index is 1280. The Balaban J connectivity index is 1.22. The van der Waals surface area contributed by atoms with Crippen molar-refractivity contribution in [2.45, 2.75) is 11.7 Å². The molecule has 1 unspecified atom stereocenters. The number of rotatable bonds is 7. The fraction of sp³-hybridized carbons (Fsp3) is 0.160. The Hall–Kier alpha value is -3.42. The fourth-order valence-electron chi connectivity index (χ4n) is 3.67. The van der Waals surface area contributed by atoms with E-state index in [1.165, 1.54) is 0 Å². The van der Waals surface area contributed by atoms with Crippen LogP contribution >= 0.6 is 0 Å². The van der Waals surface area contributed by atoms with Crippen LogP contribution in [0.25, 0.3) is 17.1 Å². The van der Waals surface area contributed by atoms with Crippen molar-refractivity contribution in [3.05, 3.63) is 83.3 Å². The predicted molar refractivity (Wildman–Crippen MR) is 125 cm³/mol. The molecule has 0 amide bonds. The van der Waals surface area contributed by atoms with E-state index in [0.717, 1.165) is 38.8 Å². The second-order valence-corrected chi connectivity index (χ2v) is 8.72. The molecule has 1 aliphatic rings. The van der Waals surface area contributed by atoms with Crippen LogP contribution in [0.3, 0.4) is 0 Å². The minimum absolute atomic E-state index is 0.407. The van der Waals surface area contributed by atoms with Gasteiger partial charge in [0.25, 0.3) is 0 Å². The van der Waals surface area contributed by atoms with Crippen LogP contribution in [0, 0.1) is 0 Å². The van der Waals surface area contributed by atoms with Crippen molar-refractivity contribution in [2.75, 3.05) is 20.3 Å². The summed E-state index contributed by atoms with van der Waals surface area (Å²) in [6.45, 7) is 1.39. The summed E-state index contributed by atoms with van der Waals surface area (Å²) in [4.78, 5) is 5.38. The topological polar surface area (TPSA) is 68.6 Å². The van der Waals surface area contributed by atoms with Gasteiger partial charge in [-0.2, -0.15) is 4.98 Å². The number of methoxy groups -OCH3 is 1. The molecule has 0 aliphatic carbocycles. The van der Waals surface area contributed by atoms with Gasteiger partial charge in [0, 0.05) is 6.07 Å². The van der Waals surface area contributed by atoms with Gasteiger partial charge in [0.2, 0.25) is 0 Å². The van der Waals surface area contributed by atoms with E-state index in [-0.39, 0.29) is 0 Å². The molecule has 32 heavy (non-hydrogen) atoms. The molecular formula is C25H22N2O4S. The third-order valence-electron chi connectivity index (χ3n) is 5.19. The highest BCUT2D eigenvalue weighted by atomic mass is 32.2. The van der Waals surface area contributed by atoms with Gasteiger partial charge in [-0.15, -0.1) is 0 Å². The number of hydrogen-bond donors (Lipinski definition) is 0. The Morgan fingerprint density at radius 3 is 2.47 bits per heavy atom. The van der Waals surface area contributed by atoms with Crippen molar-refractivity contribution < 1.29 is 18.8 Å². The maximum Gasteiger partial charge on any atom is 0.330 e. The van der Waals surface area contributed by atoms with Crippen molar-refractivity contribution in [1.82, 2.24) is 9.55 Å². The molecule has 4 aromatic rings. The van der Waals surface area contributed by atoms with Gasteiger partial charge in [-0.3, -0.25) is 4.57 Å². The van der Waals surface area contributed by atoms with Gasteiger partial charge in [-0.25, -0.2) is 0 Å². The highest BCUT2D eigenvalue weighted by molar-refractivity contribution is 7.95. The second kappa shape index (κ2) is 8.98. The summed E-state index contributed by atoms with van der Waals surface area (Å²) in [7, 11) is 1.63. The van der Waals surface area contributed by atoms with E-state index in [0.29, 0.717) is 24.9 Å². The van der Waals surface area contributed by atoms with Crippen molar-refractivity contribution in [3.63, 3.8) is 0 Å². The van der Waals surface area contributed by atoms with Crippen LogP contribution in [0.4, 0.5) is 0 Å². The van der Waals surface area contributed by atoms with Gasteiger partial charge >= 0.3 is 5.16 Å². The lowest BCUT2D eigenvalue weighted by Crippen LogP contribution is -2.09. The van der Waals surface area contributed by atoms with E-state index < -0.39 is 11.2 Å². The molecule has 1 aliphatic heterocycles. The monoisotopic (exact) mass is 446 g/mol. The quantitative estimate of drug-likeness (QED) is 0.305. The Morgan fingerprint density at radius 1 is 0.938 bits per heavy atom. The molecular weight excluding hydrogens is 424 g/mol. The molecule has 0 spiro atoms. The van der Waals surface area contributed by atoms with E-state index in [1.807, 2.05) is 83.4 Å². The molecule has 0 saturated heterocycles. The van der Waals surface area contributed by atoms with Gasteiger partial charge in [0.15, 0.2) is 4.91 Å². The minimum Gasteiger partial charge on any atom is -0.604 e. The van der Waals surface area contributed by atoms with Gasteiger partial charge in [0.1, 0.15) is 30.5 Å². The second-order valence-electron chi connectivity index (χ2n) is 7.30. The van der Waals surface area contributed by atoms with Gasteiger partial charge < -0.3 is 18.8 Å². The number of imidazole rings is 1. The lowest BCUT2D eigenvalue weighted by Gasteiger charge is -2.10. The first kappa shape index (κ1) is 20.5. The van der Waals surface area contributed by atoms with Crippen molar-refractivity contribution in [1.29, 1.82) is 0 Å². The van der Waals surface area contributed by atoms with E-state index in [4.69, 9.17) is 14.2 Å². The van der Waals surface area contributed by atoms with Crippen molar-refractivity contribution in [3.8, 4) is 17.2 Å². The number of allylic oxidation sites excluding steroid dienone is 1. The number of ether oxygens (including phenoxy) is 3. The summed E-state index contributed by atoms with van der Waals surface area (Å²) >= 11 is -1.26. The molecule has 5 rings (SSSR count). The number of fused-ring (bicyclic) bond motifs is 3. The number of benzene rings is 3. The molecule has 1 atom stereocenters. The molecule has 2 heterocycles. The summed E-state index contributed by atoms with van der Waals surface area (Å²) in [5.74, 6) is 2.23. The van der Waals surface area contributed by atoms with Crippen molar-refractivity contribution in [2.24, 2.45) is 0 Å². The number of hydrogen-bond acceptors (Lipinski definition) is 5. The van der Waals surface area contributed by atoms with Crippen LogP contribution in [-0.2, 0) is 17.7 Å². The summed E-state index contributed by atoms with van der Waals surface area (Å²) in [6, 6.07) is 23.1. The van der Waals surface area contributed by atoms with Crippen LogP contribution in [-0.4, -0.2) is 34.4 Å². The van der Waals surface area contributed by atoms with Crippen LogP contribution < -0.4 is 14.2 Å². The Kier molecular flexibility index (Phi) is 5.75. The molecule has 1 aromatic heterocycles. The zero-order valence-corrected chi connectivity index (χ0v) is 18.4. The average Bonchev–Trinajstić information content (AvgIpc) is 3.33. The summed E-state index contributed by atoms with van der Waals surface area (Å²) < 4.78 is 31.7. The first-order valence-electron chi connectivity index (χ1n) is 10.3. The standard InChI is InChI=1S/C25H22N2O4S/c1-29-19-7-5-9-21(16-19)31-13-12-30-20-8-4-6-18(14-20)15-22-17-27-24-11-3-2-10-23(24)26-25(27)32(22)28/h2-11,14-16H,12-13,17H2,1H3. The maximum atomic E-state index is 12.9. The highest BCUT2D eigenvalue weighted by Gasteiger charge is 2.34. The molecule has 0 saturated carbocycles. The molecule has 0 fully saturated rings. The molecule has 0 bridgehead atoms. The number of para-hydroxylation sites is 2. The van der Waals surface area contributed by atoms with Gasteiger partial charge in [-0.05, 0) is 48.0 Å². The lowest BCUT2D eigenvalue weighted by molar-refractivity contribution is 0.216. The van der Waals surface area contributed by atoms with Gasteiger partial charge in [-0.1, -0.05) is 30.3 Å². The summed E-state index contributed by atoms with van der Waals surface area (Å²) in [5, 5.41) is 0.611. The number of nitrogens with zero attached hydrogens (tertiary/aromatic N) is 2. The van der Waals surface area contributed by atoms with Crippen molar-refractivity contribution >= 4 is 28.3 Å². The molecule has 0 radical (unpaired) electrons. The zero-order chi connectivity index (χ0) is 21.9. The van der Waals surface area contributed by atoms with Crippen LogP contribution in [0.5, 0.6) is 17.2 Å². The Labute approximate surface area is 189 Å². The van der Waals surface area contributed by atoms with Crippen LogP contribution in [0.2, 0.25) is 0 Å². The minimum atomic E-state index is -1.26. The number of aromatic nitrogens is 2. The smallest absolute Gasteiger partial charge is 0.330 e. The van der Waals surface area contributed by atoms with E-state index in [1.54, 1.807) is 7.11 Å². The SMILES string of the molecule is COc1cccc(OCCOc2cccc(C=C3Cn4c(nc5ccccc54)[S+]3[O-])c2)c1. The van der Waals surface area contributed by atoms with Crippen LogP contribution in [0.15, 0.2) is 82.9 Å². The third-order valence-corrected chi connectivity index (χ3v) is 6.55. The first-order valence-corrected chi connectivity index (χ1v) is 11.4. The molecule has 6 nitrogen and oxygen atoms in total. The molecule has 162 valence electrons. The lowest BCUT2D eigenvalue weighted by atomic mass is 10.2. The highest BCUT2D eigenvalue weighted by Crippen LogP contribution is 2.33.